The highest BCUT2D eigenvalue weighted by molar-refractivity contribution is 8.01. The normalized spacial score (nSPS) is 18.3. The minimum absolute atomic E-state index is 0.0454. The summed E-state index contributed by atoms with van der Waals surface area (Å²) in [4.78, 5) is 40.5. The fourth-order valence-electron chi connectivity index (χ4n) is 2.51. The maximum Gasteiger partial charge on any atom is 0.316 e. The van der Waals surface area contributed by atoms with Crippen LogP contribution in [0.15, 0.2) is 40.7 Å². The van der Waals surface area contributed by atoms with Crippen molar-refractivity contribution in [3.05, 3.63) is 35.8 Å². The van der Waals surface area contributed by atoms with Gasteiger partial charge in [-0.05, 0) is 31.2 Å². The van der Waals surface area contributed by atoms with Crippen molar-refractivity contribution in [3.63, 3.8) is 0 Å². The van der Waals surface area contributed by atoms with Crippen LogP contribution in [0.2, 0.25) is 0 Å². The zero-order chi connectivity index (χ0) is 20.5. The van der Waals surface area contributed by atoms with E-state index < -0.39 is 38.3 Å². The predicted molar refractivity (Wildman–Crippen MR) is 105 cm³/mol. The highest BCUT2D eigenvalue weighted by atomic mass is 32.2. The van der Waals surface area contributed by atoms with Crippen LogP contribution in [0.1, 0.15) is 13.3 Å². The van der Waals surface area contributed by atoms with Gasteiger partial charge in [-0.15, -0.1) is 23.1 Å². The molecule has 1 aliphatic heterocycles. The van der Waals surface area contributed by atoms with Crippen molar-refractivity contribution >= 4 is 61.7 Å². The van der Waals surface area contributed by atoms with E-state index in [2.05, 4.69) is 9.71 Å². The average molecular weight is 442 g/mol. The third kappa shape index (κ3) is 4.18. The first-order valence-corrected chi connectivity index (χ1v) is 11.3. The van der Waals surface area contributed by atoms with Gasteiger partial charge >= 0.3 is 5.97 Å². The third-order valence-corrected chi connectivity index (χ3v) is 7.36. The highest BCUT2D eigenvalue weighted by Gasteiger charge is 2.41. The number of aliphatic carboxylic acids is 1. The number of benzene rings is 1. The minimum Gasteiger partial charge on any atom is -0.480 e. The molecule has 0 aliphatic carbocycles. The van der Waals surface area contributed by atoms with Gasteiger partial charge in [-0.3, -0.25) is 19.1 Å². The van der Waals surface area contributed by atoms with E-state index in [1.165, 1.54) is 37.4 Å². The summed E-state index contributed by atoms with van der Waals surface area (Å²) in [7, 11) is -3.85. The fourth-order valence-corrected chi connectivity index (χ4v) is 5.37. The lowest BCUT2D eigenvalue weighted by Crippen LogP contribution is -2.32. The molecule has 0 saturated carbocycles. The first-order valence-electron chi connectivity index (χ1n) is 7.96. The number of nitrogens with zero attached hydrogens (tertiary/aromatic N) is 2. The van der Waals surface area contributed by atoms with Crippen LogP contribution in [-0.2, 0) is 24.4 Å². The van der Waals surface area contributed by atoms with Gasteiger partial charge in [0.15, 0.2) is 5.13 Å². The van der Waals surface area contributed by atoms with Crippen molar-refractivity contribution in [2.45, 2.75) is 28.7 Å². The average Bonchev–Trinajstić information content (AvgIpc) is 3.22. The molecule has 1 aromatic carbocycles. The topological polar surface area (TPSA) is 134 Å². The Hall–Kier alpha value is -2.44. The second kappa shape index (κ2) is 7.89. The Morgan fingerprint density at radius 3 is 2.61 bits per heavy atom. The van der Waals surface area contributed by atoms with E-state index in [1.54, 1.807) is 5.38 Å². The molecule has 12 heteroatoms. The Morgan fingerprint density at radius 2 is 2.04 bits per heavy atom. The Labute approximate surface area is 168 Å². The summed E-state index contributed by atoms with van der Waals surface area (Å²) in [5.41, 5.74) is 0.231. The number of carboxylic acid groups (broad SMARTS) is 1. The number of aromatic nitrogens is 1. The van der Waals surface area contributed by atoms with E-state index in [1.807, 2.05) is 0 Å². The molecule has 3 rings (SSSR count). The predicted octanol–water partition coefficient (Wildman–Crippen LogP) is 1.78. The number of thiazole rings is 1. The van der Waals surface area contributed by atoms with E-state index in [0.29, 0.717) is 0 Å². The molecule has 2 heterocycles. The summed E-state index contributed by atoms with van der Waals surface area (Å²) >= 11 is 2.04. The number of carbonyl (C=O) groups is 3. The van der Waals surface area contributed by atoms with Gasteiger partial charge in [-0.25, -0.2) is 18.3 Å². The van der Waals surface area contributed by atoms with Crippen LogP contribution in [0.25, 0.3) is 0 Å². The Bertz CT molecular complexity index is 1000. The zero-order valence-electron chi connectivity index (χ0n) is 14.4. The molecule has 1 saturated heterocycles. The molecule has 1 aromatic heterocycles. The SMILES string of the molecule is CC(SC1CC(=O)N(c2ccc(S(=O)(=O)Nc3nccs3)cc2)C1=O)C(=O)O. The largest absolute Gasteiger partial charge is 0.480 e. The van der Waals surface area contributed by atoms with Gasteiger partial charge < -0.3 is 5.11 Å². The van der Waals surface area contributed by atoms with E-state index >= 15 is 0 Å². The second-order valence-corrected chi connectivity index (χ2v) is 9.94. The van der Waals surface area contributed by atoms with Crippen LogP contribution < -0.4 is 9.62 Å². The molecule has 2 amide bonds. The number of anilines is 2. The molecule has 2 unspecified atom stereocenters. The number of rotatable bonds is 7. The van der Waals surface area contributed by atoms with Crippen LogP contribution in [0.5, 0.6) is 0 Å². The lowest BCUT2D eigenvalue weighted by Gasteiger charge is -2.16. The Balaban J connectivity index is 1.77. The van der Waals surface area contributed by atoms with Crippen molar-refractivity contribution in [1.82, 2.24) is 4.98 Å². The number of carbonyl (C=O) groups excluding carboxylic acids is 2. The molecule has 0 bridgehead atoms. The van der Waals surface area contributed by atoms with Crippen LogP contribution in [0, 0.1) is 0 Å². The van der Waals surface area contributed by atoms with E-state index in [4.69, 9.17) is 5.11 Å². The number of hydrogen-bond acceptors (Lipinski definition) is 8. The second-order valence-electron chi connectivity index (χ2n) is 5.81. The third-order valence-electron chi connectivity index (χ3n) is 3.88. The van der Waals surface area contributed by atoms with Crippen LogP contribution in [-0.4, -0.2) is 46.8 Å². The summed E-state index contributed by atoms with van der Waals surface area (Å²) < 4.78 is 27.0. The Kier molecular flexibility index (Phi) is 5.72. The maximum atomic E-state index is 12.5. The Morgan fingerprint density at radius 1 is 1.36 bits per heavy atom. The summed E-state index contributed by atoms with van der Waals surface area (Å²) in [6, 6.07) is 5.29. The standard InChI is InChI=1S/C16H15N3O6S3/c1-9(15(22)23)27-12-8-13(20)19(14(12)21)10-2-4-11(5-3-10)28(24,25)18-16-17-6-7-26-16/h2-7,9,12H,8H2,1H3,(H,17,18)(H,22,23). The molecule has 9 nitrogen and oxygen atoms in total. The monoisotopic (exact) mass is 441 g/mol. The summed E-state index contributed by atoms with van der Waals surface area (Å²) in [5, 5.41) is 9.22. The number of hydrogen-bond donors (Lipinski definition) is 2. The van der Waals surface area contributed by atoms with Gasteiger partial charge in [-0.2, -0.15) is 0 Å². The quantitative estimate of drug-likeness (QED) is 0.621. The maximum absolute atomic E-state index is 12.5. The molecule has 148 valence electrons. The first kappa shape index (κ1) is 20.3. The number of thioether (sulfide) groups is 1. The van der Waals surface area contributed by atoms with E-state index in [-0.39, 0.29) is 22.1 Å². The van der Waals surface area contributed by atoms with Gasteiger partial charge in [-0.1, -0.05) is 0 Å². The lowest BCUT2D eigenvalue weighted by atomic mass is 10.3. The molecular weight excluding hydrogens is 426 g/mol. The molecule has 0 spiro atoms. The van der Waals surface area contributed by atoms with Crippen molar-refractivity contribution in [2.24, 2.45) is 0 Å². The van der Waals surface area contributed by atoms with Crippen LogP contribution in [0.4, 0.5) is 10.8 Å². The van der Waals surface area contributed by atoms with Crippen molar-refractivity contribution in [3.8, 4) is 0 Å². The number of sulfonamides is 1. The van der Waals surface area contributed by atoms with Gasteiger partial charge in [0.2, 0.25) is 11.8 Å². The molecule has 1 fully saturated rings. The number of amides is 2. The first-order chi connectivity index (χ1) is 13.2. The fraction of sp³-hybridized carbons (Fsp3) is 0.250. The summed E-state index contributed by atoms with van der Waals surface area (Å²) in [6.45, 7) is 1.45. The summed E-state index contributed by atoms with van der Waals surface area (Å²) in [6.07, 6.45) is 1.36. The number of nitrogens with one attached hydrogen (secondary N) is 1. The van der Waals surface area contributed by atoms with Crippen molar-refractivity contribution in [1.29, 1.82) is 0 Å². The molecule has 0 radical (unpaired) electrons. The minimum atomic E-state index is -3.85. The van der Waals surface area contributed by atoms with Crippen molar-refractivity contribution < 1.29 is 27.9 Å². The van der Waals surface area contributed by atoms with E-state index in [0.717, 1.165) is 28.0 Å². The molecule has 2 aromatic rings. The number of imide groups is 1. The summed E-state index contributed by atoms with van der Waals surface area (Å²) in [5.74, 6) is -2.04. The van der Waals surface area contributed by atoms with Gasteiger partial charge in [0.1, 0.15) is 5.25 Å². The van der Waals surface area contributed by atoms with Crippen molar-refractivity contribution in [2.75, 3.05) is 9.62 Å². The molecule has 2 atom stereocenters. The molecule has 1 aliphatic rings. The molecule has 2 N–H and O–H groups in total. The highest BCUT2D eigenvalue weighted by Crippen LogP contribution is 2.32. The molecule has 28 heavy (non-hydrogen) atoms. The number of carboxylic acids is 1. The van der Waals surface area contributed by atoms with Crippen LogP contribution >= 0.6 is 23.1 Å². The molecular formula is C16H15N3O6S3. The lowest BCUT2D eigenvalue weighted by molar-refractivity contribution is -0.136. The zero-order valence-corrected chi connectivity index (χ0v) is 16.9. The van der Waals surface area contributed by atoms with Crippen LogP contribution in [0.3, 0.4) is 0 Å². The van der Waals surface area contributed by atoms with Gasteiger partial charge in [0, 0.05) is 18.0 Å². The van der Waals surface area contributed by atoms with Gasteiger partial charge in [0.25, 0.3) is 10.0 Å². The smallest absolute Gasteiger partial charge is 0.316 e. The van der Waals surface area contributed by atoms with E-state index in [9.17, 15) is 22.8 Å². The van der Waals surface area contributed by atoms with Gasteiger partial charge in [0.05, 0.1) is 15.8 Å².